The molecule has 7 heteroatoms. The number of benzene rings is 1. The van der Waals surface area contributed by atoms with Gasteiger partial charge < -0.3 is 9.63 Å². The Labute approximate surface area is 122 Å². The fourth-order valence-electron chi connectivity index (χ4n) is 1.63. The van der Waals surface area contributed by atoms with Crippen molar-refractivity contribution in [2.24, 2.45) is 0 Å². The monoisotopic (exact) mass is 306 g/mol. The minimum Gasteiger partial charge on any atom is -0.478 e. The molecule has 20 heavy (non-hydrogen) atoms. The molecule has 0 atom stereocenters. The van der Waals surface area contributed by atoms with E-state index >= 15 is 0 Å². The van der Waals surface area contributed by atoms with Crippen LogP contribution in [0.3, 0.4) is 0 Å². The van der Waals surface area contributed by atoms with Crippen LogP contribution in [-0.4, -0.2) is 21.2 Å². The Bertz CT molecular complexity index is 764. The molecule has 5 nitrogen and oxygen atoms in total. The average molecular weight is 307 g/mol. The maximum absolute atomic E-state index is 10.8. The predicted molar refractivity (Wildman–Crippen MR) is 75.0 cm³/mol. The molecule has 0 bridgehead atoms. The summed E-state index contributed by atoms with van der Waals surface area (Å²) in [7, 11) is 0. The Morgan fingerprint density at radius 2 is 1.95 bits per heavy atom. The van der Waals surface area contributed by atoms with Gasteiger partial charge in [0.25, 0.3) is 5.89 Å². The molecular weight excluding hydrogens is 300 g/mol. The molecular formula is C13H7ClN2O3S. The van der Waals surface area contributed by atoms with Crippen molar-refractivity contribution in [3.63, 3.8) is 0 Å². The van der Waals surface area contributed by atoms with Crippen LogP contribution in [0.1, 0.15) is 10.4 Å². The molecule has 0 radical (unpaired) electrons. The van der Waals surface area contributed by atoms with E-state index in [1.54, 1.807) is 24.3 Å². The zero-order chi connectivity index (χ0) is 14.1. The number of aromatic nitrogens is 2. The SMILES string of the molecule is O=C(O)c1ccc(-c2noc(-c3ccc(Cl)s3)n2)cc1. The van der Waals surface area contributed by atoms with Gasteiger partial charge in [0.05, 0.1) is 14.8 Å². The van der Waals surface area contributed by atoms with Crippen LogP contribution in [0.15, 0.2) is 40.9 Å². The van der Waals surface area contributed by atoms with Gasteiger partial charge in [-0.2, -0.15) is 4.98 Å². The minimum absolute atomic E-state index is 0.211. The van der Waals surface area contributed by atoms with Crippen LogP contribution in [0.2, 0.25) is 4.34 Å². The summed E-state index contributed by atoms with van der Waals surface area (Å²) in [6.07, 6.45) is 0. The molecule has 0 amide bonds. The molecule has 100 valence electrons. The maximum atomic E-state index is 10.8. The van der Waals surface area contributed by atoms with Crippen LogP contribution in [0.25, 0.3) is 22.2 Å². The molecule has 3 aromatic rings. The number of carboxylic acid groups (broad SMARTS) is 1. The number of carbonyl (C=O) groups is 1. The lowest BCUT2D eigenvalue weighted by Crippen LogP contribution is -1.95. The third kappa shape index (κ3) is 2.43. The van der Waals surface area contributed by atoms with Gasteiger partial charge in [0.15, 0.2) is 0 Å². The van der Waals surface area contributed by atoms with Crippen molar-refractivity contribution < 1.29 is 14.4 Å². The first-order valence-corrected chi connectivity index (χ1v) is 6.76. The van der Waals surface area contributed by atoms with E-state index in [2.05, 4.69) is 10.1 Å². The molecule has 0 aliphatic rings. The van der Waals surface area contributed by atoms with Crippen LogP contribution in [0.5, 0.6) is 0 Å². The van der Waals surface area contributed by atoms with E-state index in [-0.39, 0.29) is 5.56 Å². The summed E-state index contributed by atoms with van der Waals surface area (Å²) in [5.41, 5.74) is 0.898. The quantitative estimate of drug-likeness (QED) is 0.796. The van der Waals surface area contributed by atoms with Gasteiger partial charge in [0.2, 0.25) is 5.82 Å². The highest BCUT2D eigenvalue weighted by Crippen LogP contribution is 2.31. The highest BCUT2D eigenvalue weighted by molar-refractivity contribution is 7.19. The van der Waals surface area contributed by atoms with Crippen LogP contribution < -0.4 is 0 Å². The Balaban J connectivity index is 1.91. The molecule has 0 aliphatic carbocycles. The number of hydrogen-bond donors (Lipinski definition) is 1. The molecule has 0 unspecified atom stereocenters. The van der Waals surface area contributed by atoms with E-state index in [9.17, 15) is 4.79 Å². The number of rotatable bonds is 3. The normalized spacial score (nSPS) is 10.7. The molecule has 2 aromatic heterocycles. The van der Waals surface area contributed by atoms with E-state index < -0.39 is 5.97 Å². The number of halogens is 1. The number of thiophene rings is 1. The summed E-state index contributed by atoms with van der Waals surface area (Å²) in [5, 5.41) is 12.7. The average Bonchev–Trinajstić information content (AvgIpc) is 3.07. The highest BCUT2D eigenvalue weighted by atomic mass is 35.5. The first-order valence-electron chi connectivity index (χ1n) is 5.56. The van der Waals surface area contributed by atoms with Gasteiger partial charge in [0, 0.05) is 5.56 Å². The Morgan fingerprint density at radius 3 is 2.55 bits per heavy atom. The van der Waals surface area contributed by atoms with E-state index in [4.69, 9.17) is 21.2 Å². The predicted octanol–water partition coefficient (Wildman–Crippen LogP) is 3.82. The third-order valence-electron chi connectivity index (χ3n) is 2.60. The zero-order valence-corrected chi connectivity index (χ0v) is 11.5. The van der Waals surface area contributed by atoms with Crippen molar-refractivity contribution in [3.8, 4) is 22.2 Å². The molecule has 0 saturated heterocycles. The summed E-state index contributed by atoms with van der Waals surface area (Å²) in [4.78, 5) is 15.8. The van der Waals surface area contributed by atoms with Gasteiger partial charge in [0.1, 0.15) is 0 Å². The summed E-state index contributed by atoms with van der Waals surface area (Å²) in [5.74, 6) is -0.181. The molecule has 1 aromatic carbocycles. The second-order valence-electron chi connectivity index (χ2n) is 3.91. The topological polar surface area (TPSA) is 76.2 Å². The number of carboxylic acids is 1. The highest BCUT2D eigenvalue weighted by Gasteiger charge is 2.13. The van der Waals surface area contributed by atoms with Gasteiger partial charge in [-0.25, -0.2) is 4.79 Å². The second kappa shape index (κ2) is 5.07. The minimum atomic E-state index is -0.974. The second-order valence-corrected chi connectivity index (χ2v) is 5.62. The van der Waals surface area contributed by atoms with Gasteiger partial charge in [-0.15, -0.1) is 11.3 Å². The van der Waals surface area contributed by atoms with Crippen LogP contribution in [-0.2, 0) is 0 Å². The summed E-state index contributed by atoms with van der Waals surface area (Å²) < 4.78 is 5.81. The van der Waals surface area contributed by atoms with E-state index in [0.29, 0.717) is 21.6 Å². The third-order valence-corrected chi connectivity index (χ3v) is 3.82. The molecule has 2 heterocycles. The van der Waals surface area contributed by atoms with Crippen molar-refractivity contribution in [1.82, 2.24) is 10.1 Å². The van der Waals surface area contributed by atoms with Gasteiger partial charge >= 0.3 is 5.97 Å². The lowest BCUT2D eigenvalue weighted by atomic mass is 10.1. The van der Waals surface area contributed by atoms with Gasteiger partial charge in [-0.05, 0) is 24.3 Å². The number of aromatic carboxylic acids is 1. The summed E-state index contributed by atoms with van der Waals surface area (Å²) >= 11 is 7.20. The van der Waals surface area contributed by atoms with Crippen molar-refractivity contribution >= 4 is 28.9 Å². The number of nitrogens with zero attached hydrogens (tertiary/aromatic N) is 2. The van der Waals surface area contributed by atoms with Crippen molar-refractivity contribution in [2.45, 2.75) is 0 Å². The van der Waals surface area contributed by atoms with Gasteiger partial charge in [-0.3, -0.25) is 0 Å². The Hall–Kier alpha value is -2.18. The molecule has 3 rings (SSSR count). The Kier molecular flexibility index (Phi) is 3.25. The molecule has 0 aliphatic heterocycles. The van der Waals surface area contributed by atoms with Crippen molar-refractivity contribution in [1.29, 1.82) is 0 Å². The smallest absolute Gasteiger partial charge is 0.335 e. The van der Waals surface area contributed by atoms with Crippen LogP contribution >= 0.6 is 22.9 Å². The summed E-state index contributed by atoms with van der Waals surface area (Å²) in [6.45, 7) is 0. The fourth-order valence-corrected chi connectivity index (χ4v) is 2.60. The first kappa shape index (κ1) is 12.8. The largest absolute Gasteiger partial charge is 0.478 e. The lowest BCUT2D eigenvalue weighted by molar-refractivity contribution is 0.0697. The molecule has 0 saturated carbocycles. The maximum Gasteiger partial charge on any atom is 0.335 e. The lowest BCUT2D eigenvalue weighted by Gasteiger charge is -1.95. The first-order chi connectivity index (χ1) is 9.63. The standard InChI is InChI=1S/C13H7ClN2O3S/c14-10-6-5-9(20-10)12-15-11(16-19-12)7-1-3-8(4-2-7)13(17)18/h1-6H,(H,17,18). The fraction of sp³-hybridized carbons (Fsp3) is 0. The van der Waals surface area contributed by atoms with Crippen molar-refractivity contribution in [2.75, 3.05) is 0 Å². The number of hydrogen-bond acceptors (Lipinski definition) is 5. The molecule has 0 fully saturated rings. The van der Waals surface area contributed by atoms with Crippen molar-refractivity contribution in [3.05, 3.63) is 46.3 Å². The molecule has 1 N–H and O–H groups in total. The van der Waals surface area contributed by atoms with E-state index in [0.717, 1.165) is 4.88 Å². The summed E-state index contributed by atoms with van der Waals surface area (Å²) in [6, 6.07) is 9.83. The van der Waals surface area contributed by atoms with E-state index in [1.807, 2.05) is 0 Å². The van der Waals surface area contributed by atoms with Gasteiger partial charge in [-0.1, -0.05) is 28.9 Å². The molecule has 0 spiro atoms. The van der Waals surface area contributed by atoms with Crippen LogP contribution in [0.4, 0.5) is 0 Å². The van der Waals surface area contributed by atoms with Crippen LogP contribution in [0, 0.1) is 0 Å². The van der Waals surface area contributed by atoms with E-state index in [1.165, 1.54) is 23.5 Å². The zero-order valence-electron chi connectivity index (χ0n) is 9.91. The Morgan fingerprint density at radius 1 is 1.20 bits per heavy atom.